The second-order valence-corrected chi connectivity index (χ2v) is 6.70. The van der Waals surface area contributed by atoms with Gasteiger partial charge in [0.2, 0.25) is 17.6 Å². The summed E-state index contributed by atoms with van der Waals surface area (Å²) in [6.07, 6.45) is 1.67. The minimum absolute atomic E-state index is 0.0387. The van der Waals surface area contributed by atoms with Crippen molar-refractivity contribution in [2.24, 2.45) is 0 Å². The molecule has 1 amide bonds. The molecule has 7 nitrogen and oxygen atoms in total. The zero-order chi connectivity index (χ0) is 19.4. The normalized spacial score (nSPS) is 12.2. The van der Waals surface area contributed by atoms with E-state index in [0.29, 0.717) is 17.4 Å². The average molecular weight is 365 g/mol. The van der Waals surface area contributed by atoms with E-state index in [2.05, 4.69) is 15.1 Å². The zero-order valence-electron chi connectivity index (χ0n) is 16.0. The molecule has 0 bridgehead atoms. The van der Waals surface area contributed by atoms with E-state index in [1.165, 1.54) is 0 Å². The van der Waals surface area contributed by atoms with Gasteiger partial charge in [-0.3, -0.25) is 14.7 Å². The van der Waals surface area contributed by atoms with E-state index >= 15 is 0 Å². The molecule has 0 fully saturated rings. The Kier molecular flexibility index (Phi) is 5.61. The van der Waals surface area contributed by atoms with Crippen LogP contribution in [0.25, 0.3) is 11.5 Å². The minimum Gasteiger partial charge on any atom is -0.337 e. The van der Waals surface area contributed by atoms with Crippen LogP contribution >= 0.6 is 0 Å². The molecule has 2 aromatic heterocycles. The standard InChI is InChI=1S/C20H23N5O2/c1-14-8-7-9-15(12-14)18(24(2)3)20(26)25(4)13-17-22-19(23-27-17)16-10-5-6-11-21-16/h5-12,18H,13H2,1-4H3/t18-/m0/s1. The second kappa shape index (κ2) is 8.09. The number of likely N-dealkylation sites (N-methyl/N-ethyl adjacent to an activating group) is 2. The van der Waals surface area contributed by atoms with E-state index in [1.54, 1.807) is 18.1 Å². The predicted octanol–water partition coefficient (Wildman–Crippen LogP) is 2.70. The number of hydrogen-bond donors (Lipinski definition) is 0. The average Bonchev–Trinajstić information content (AvgIpc) is 3.11. The number of hydrogen-bond acceptors (Lipinski definition) is 6. The van der Waals surface area contributed by atoms with Gasteiger partial charge in [-0.15, -0.1) is 0 Å². The molecule has 0 N–H and O–H groups in total. The molecule has 140 valence electrons. The summed E-state index contributed by atoms with van der Waals surface area (Å²) in [6, 6.07) is 13.1. The zero-order valence-corrected chi connectivity index (χ0v) is 16.0. The minimum atomic E-state index is -0.381. The number of carbonyl (C=O) groups excluding carboxylic acids is 1. The van der Waals surface area contributed by atoms with Crippen LogP contribution in [0.5, 0.6) is 0 Å². The quantitative estimate of drug-likeness (QED) is 0.669. The van der Waals surface area contributed by atoms with Crippen molar-refractivity contribution >= 4 is 5.91 Å². The molecular formula is C20H23N5O2. The molecule has 0 spiro atoms. The first-order chi connectivity index (χ1) is 13.0. The van der Waals surface area contributed by atoms with Crippen LogP contribution in [-0.4, -0.2) is 52.0 Å². The molecule has 2 heterocycles. The Morgan fingerprint density at radius 2 is 1.96 bits per heavy atom. The van der Waals surface area contributed by atoms with E-state index in [9.17, 15) is 4.79 Å². The summed E-state index contributed by atoms with van der Waals surface area (Å²) in [4.78, 5) is 25.1. The summed E-state index contributed by atoms with van der Waals surface area (Å²) in [5, 5.41) is 3.95. The van der Waals surface area contributed by atoms with E-state index in [1.807, 2.05) is 68.4 Å². The fourth-order valence-electron chi connectivity index (χ4n) is 2.91. The van der Waals surface area contributed by atoms with Gasteiger partial charge in [0.1, 0.15) is 11.7 Å². The summed E-state index contributed by atoms with van der Waals surface area (Å²) in [5.74, 6) is 0.741. The molecule has 0 aliphatic rings. The van der Waals surface area contributed by atoms with Crippen LogP contribution in [0.1, 0.15) is 23.1 Å². The Hall–Kier alpha value is -3.06. The maximum absolute atomic E-state index is 13.1. The first-order valence-electron chi connectivity index (χ1n) is 8.67. The lowest BCUT2D eigenvalue weighted by Crippen LogP contribution is -2.38. The van der Waals surface area contributed by atoms with Crippen LogP contribution in [0, 0.1) is 6.92 Å². The monoisotopic (exact) mass is 365 g/mol. The van der Waals surface area contributed by atoms with Gasteiger partial charge >= 0.3 is 0 Å². The number of amides is 1. The molecule has 0 radical (unpaired) electrons. The maximum atomic E-state index is 13.1. The Morgan fingerprint density at radius 1 is 1.15 bits per heavy atom. The lowest BCUT2D eigenvalue weighted by Gasteiger charge is -2.28. The molecular weight excluding hydrogens is 342 g/mol. The summed E-state index contributed by atoms with van der Waals surface area (Å²) in [6.45, 7) is 2.25. The third-order valence-corrected chi connectivity index (χ3v) is 4.22. The van der Waals surface area contributed by atoms with Crippen molar-refractivity contribution < 1.29 is 9.32 Å². The Morgan fingerprint density at radius 3 is 2.63 bits per heavy atom. The highest BCUT2D eigenvalue weighted by Crippen LogP contribution is 2.22. The highest BCUT2D eigenvalue weighted by Gasteiger charge is 2.27. The first-order valence-corrected chi connectivity index (χ1v) is 8.67. The van der Waals surface area contributed by atoms with Crippen LogP contribution in [0.15, 0.2) is 53.2 Å². The van der Waals surface area contributed by atoms with Crippen molar-refractivity contribution in [1.82, 2.24) is 24.9 Å². The van der Waals surface area contributed by atoms with Gasteiger partial charge < -0.3 is 9.42 Å². The number of carbonyl (C=O) groups is 1. The van der Waals surface area contributed by atoms with Crippen LogP contribution < -0.4 is 0 Å². The van der Waals surface area contributed by atoms with Crippen molar-refractivity contribution in [2.45, 2.75) is 19.5 Å². The lowest BCUT2D eigenvalue weighted by molar-refractivity contribution is -0.135. The lowest BCUT2D eigenvalue weighted by atomic mass is 10.0. The summed E-state index contributed by atoms with van der Waals surface area (Å²) in [5.41, 5.74) is 2.70. The van der Waals surface area contributed by atoms with E-state index in [-0.39, 0.29) is 18.5 Å². The molecule has 0 aliphatic carbocycles. The molecule has 3 aromatic rings. The Balaban J connectivity index is 1.75. The van der Waals surface area contributed by atoms with Crippen LogP contribution in [0.3, 0.4) is 0 Å². The van der Waals surface area contributed by atoms with Gasteiger partial charge in [0.15, 0.2) is 0 Å². The molecule has 27 heavy (non-hydrogen) atoms. The van der Waals surface area contributed by atoms with Gasteiger partial charge in [-0.1, -0.05) is 41.1 Å². The molecule has 0 unspecified atom stereocenters. The Bertz CT molecular complexity index is 908. The molecule has 3 rings (SSSR count). The van der Waals surface area contributed by atoms with Crippen molar-refractivity contribution in [3.05, 3.63) is 65.7 Å². The van der Waals surface area contributed by atoms with Crippen molar-refractivity contribution in [2.75, 3.05) is 21.1 Å². The fraction of sp³-hybridized carbons (Fsp3) is 0.300. The van der Waals surface area contributed by atoms with Gasteiger partial charge in [0, 0.05) is 13.2 Å². The third kappa shape index (κ3) is 4.38. The topological polar surface area (TPSA) is 75.4 Å². The van der Waals surface area contributed by atoms with Crippen molar-refractivity contribution in [3.63, 3.8) is 0 Å². The molecule has 0 saturated carbocycles. The van der Waals surface area contributed by atoms with Gasteiger partial charge in [-0.05, 0) is 38.7 Å². The molecule has 0 aliphatic heterocycles. The van der Waals surface area contributed by atoms with Crippen LogP contribution in [0.2, 0.25) is 0 Å². The number of nitrogens with zero attached hydrogens (tertiary/aromatic N) is 5. The summed E-state index contributed by atoms with van der Waals surface area (Å²) < 4.78 is 5.30. The van der Waals surface area contributed by atoms with Gasteiger partial charge in [0.05, 0.1) is 6.54 Å². The number of benzene rings is 1. The van der Waals surface area contributed by atoms with E-state index < -0.39 is 0 Å². The second-order valence-electron chi connectivity index (χ2n) is 6.70. The largest absolute Gasteiger partial charge is 0.337 e. The smallest absolute Gasteiger partial charge is 0.246 e. The highest BCUT2D eigenvalue weighted by molar-refractivity contribution is 5.83. The van der Waals surface area contributed by atoms with Crippen LogP contribution in [0.4, 0.5) is 0 Å². The SMILES string of the molecule is Cc1cccc([C@@H](C(=O)N(C)Cc2nc(-c3ccccn3)no2)N(C)C)c1. The van der Waals surface area contributed by atoms with E-state index in [0.717, 1.165) is 11.1 Å². The van der Waals surface area contributed by atoms with Crippen LogP contribution in [-0.2, 0) is 11.3 Å². The molecule has 1 aromatic carbocycles. The summed E-state index contributed by atoms with van der Waals surface area (Å²) >= 11 is 0. The first kappa shape index (κ1) is 18.7. The maximum Gasteiger partial charge on any atom is 0.246 e. The Labute approximate surface area is 158 Å². The van der Waals surface area contributed by atoms with Crippen molar-refractivity contribution in [1.29, 1.82) is 0 Å². The van der Waals surface area contributed by atoms with Crippen molar-refractivity contribution in [3.8, 4) is 11.5 Å². The number of rotatable bonds is 6. The highest BCUT2D eigenvalue weighted by atomic mass is 16.5. The number of aromatic nitrogens is 3. The molecule has 7 heteroatoms. The summed E-state index contributed by atoms with van der Waals surface area (Å²) in [7, 11) is 5.52. The van der Waals surface area contributed by atoms with Gasteiger partial charge in [0.25, 0.3) is 0 Å². The number of pyridine rings is 1. The molecule has 0 saturated heterocycles. The number of aryl methyl sites for hydroxylation is 1. The molecule has 1 atom stereocenters. The van der Waals surface area contributed by atoms with Gasteiger partial charge in [-0.25, -0.2) is 0 Å². The van der Waals surface area contributed by atoms with Gasteiger partial charge in [-0.2, -0.15) is 4.98 Å². The predicted molar refractivity (Wildman–Crippen MR) is 102 cm³/mol. The fourth-order valence-corrected chi connectivity index (χ4v) is 2.91. The van der Waals surface area contributed by atoms with E-state index in [4.69, 9.17) is 4.52 Å². The third-order valence-electron chi connectivity index (χ3n) is 4.22.